The number of aromatic nitrogens is 1. The van der Waals surface area contributed by atoms with Gasteiger partial charge in [-0.05, 0) is 33.0 Å². The third-order valence-corrected chi connectivity index (χ3v) is 3.47. The van der Waals surface area contributed by atoms with E-state index in [4.69, 9.17) is 5.26 Å². The zero-order valence-electron chi connectivity index (χ0n) is 10.6. The molecule has 2 heterocycles. The Morgan fingerprint density at radius 1 is 1.29 bits per heavy atom. The van der Waals surface area contributed by atoms with E-state index >= 15 is 0 Å². The molecular weight excluding hydrogens is 212 g/mol. The highest BCUT2D eigenvalue weighted by Gasteiger charge is 2.27. The summed E-state index contributed by atoms with van der Waals surface area (Å²) in [5, 5.41) is 8.76. The molecular formula is C13H18N4. The Labute approximate surface area is 102 Å². The molecule has 0 saturated carbocycles. The molecule has 1 aromatic heterocycles. The zero-order valence-corrected chi connectivity index (χ0v) is 10.6. The van der Waals surface area contributed by atoms with Crippen LogP contribution in [-0.2, 0) is 0 Å². The number of piperazine rings is 1. The van der Waals surface area contributed by atoms with Crippen LogP contribution in [0.15, 0.2) is 18.3 Å². The highest BCUT2D eigenvalue weighted by Crippen LogP contribution is 2.20. The molecule has 1 aromatic rings. The second kappa shape index (κ2) is 4.72. The predicted octanol–water partition coefficient (Wildman–Crippen LogP) is 1.48. The molecule has 0 radical (unpaired) electrons. The standard InChI is InChI=1S/C13H18N4/c1-10-9-17(11(2)8-16(10)3)13-5-4-12(6-14)7-15-13/h4-5,7,10-11H,8-9H2,1-3H3/t10-,11+/m0/s1. The van der Waals surface area contributed by atoms with E-state index in [0.29, 0.717) is 17.6 Å². The molecule has 0 aromatic carbocycles. The van der Waals surface area contributed by atoms with Gasteiger partial charge in [0.1, 0.15) is 11.9 Å². The molecule has 1 aliphatic rings. The second-order valence-corrected chi connectivity index (χ2v) is 4.81. The van der Waals surface area contributed by atoms with Crippen LogP contribution in [0.25, 0.3) is 0 Å². The van der Waals surface area contributed by atoms with Gasteiger partial charge in [-0.15, -0.1) is 0 Å². The molecule has 4 nitrogen and oxygen atoms in total. The lowest BCUT2D eigenvalue weighted by Crippen LogP contribution is -2.55. The number of hydrogen-bond acceptors (Lipinski definition) is 4. The fourth-order valence-corrected chi connectivity index (χ4v) is 2.24. The lowest BCUT2D eigenvalue weighted by Gasteiger charge is -2.43. The summed E-state index contributed by atoms with van der Waals surface area (Å²) in [6.07, 6.45) is 1.64. The van der Waals surface area contributed by atoms with Gasteiger partial charge in [0.05, 0.1) is 5.56 Å². The zero-order chi connectivity index (χ0) is 12.4. The largest absolute Gasteiger partial charge is 0.351 e. The van der Waals surface area contributed by atoms with Gasteiger partial charge in [-0.2, -0.15) is 5.26 Å². The molecule has 4 heteroatoms. The van der Waals surface area contributed by atoms with Crippen molar-refractivity contribution in [3.8, 4) is 6.07 Å². The minimum atomic E-state index is 0.455. The van der Waals surface area contributed by atoms with Crippen LogP contribution >= 0.6 is 0 Å². The van der Waals surface area contributed by atoms with Crippen molar-refractivity contribution in [3.63, 3.8) is 0 Å². The van der Waals surface area contributed by atoms with Crippen molar-refractivity contribution in [3.05, 3.63) is 23.9 Å². The normalized spacial score (nSPS) is 25.6. The summed E-state index contributed by atoms with van der Waals surface area (Å²) < 4.78 is 0. The lowest BCUT2D eigenvalue weighted by molar-refractivity contribution is 0.205. The molecule has 0 unspecified atom stereocenters. The maximum atomic E-state index is 8.76. The summed E-state index contributed by atoms with van der Waals surface area (Å²) in [6.45, 7) is 6.46. The summed E-state index contributed by atoms with van der Waals surface area (Å²) in [7, 11) is 2.16. The number of likely N-dealkylation sites (N-methyl/N-ethyl adjacent to an activating group) is 1. The van der Waals surface area contributed by atoms with E-state index < -0.39 is 0 Å². The highest BCUT2D eigenvalue weighted by atomic mass is 15.3. The van der Waals surface area contributed by atoms with Crippen LogP contribution in [0.4, 0.5) is 5.82 Å². The lowest BCUT2D eigenvalue weighted by atomic mass is 10.1. The topological polar surface area (TPSA) is 43.2 Å². The van der Waals surface area contributed by atoms with E-state index in [-0.39, 0.29) is 0 Å². The van der Waals surface area contributed by atoms with Gasteiger partial charge in [0, 0.05) is 31.4 Å². The molecule has 0 amide bonds. The van der Waals surface area contributed by atoms with Crippen molar-refractivity contribution in [2.24, 2.45) is 0 Å². The van der Waals surface area contributed by atoms with Crippen molar-refractivity contribution in [2.45, 2.75) is 25.9 Å². The Hall–Kier alpha value is -1.60. The second-order valence-electron chi connectivity index (χ2n) is 4.81. The van der Waals surface area contributed by atoms with Gasteiger partial charge in [-0.25, -0.2) is 4.98 Å². The van der Waals surface area contributed by atoms with Gasteiger partial charge in [0.15, 0.2) is 0 Å². The first-order chi connectivity index (χ1) is 8.11. The molecule has 2 rings (SSSR count). The van der Waals surface area contributed by atoms with Crippen LogP contribution in [0.5, 0.6) is 0 Å². The monoisotopic (exact) mass is 230 g/mol. The Kier molecular flexibility index (Phi) is 3.30. The number of nitriles is 1. The van der Waals surface area contributed by atoms with Crippen LogP contribution in [-0.4, -0.2) is 42.1 Å². The smallest absolute Gasteiger partial charge is 0.128 e. The van der Waals surface area contributed by atoms with Crippen LogP contribution in [0.1, 0.15) is 19.4 Å². The summed E-state index contributed by atoms with van der Waals surface area (Å²) in [5.74, 6) is 0.969. The summed E-state index contributed by atoms with van der Waals surface area (Å²) >= 11 is 0. The van der Waals surface area contributed by atoms with Crippen molar-refractivity contribution < 1.29 is 0 Å². The third kappa shape index (κ3) is 2.40. The Bertz CT molecular complexity index is 420. The number of rotatable bonds is 1. The highest BCUT2D eigenvalue weighted by molar-refractivity contribution is 5.43. The van der Waals surface area contributed by atoms with E-state index in [1.54, 1.807) is 6.20 Å². The Morgan fingerprint density at radius 3 is 2.65 bits per heavy atom. The third-order valence-electron chi connectivity index (χ3n) is 3.47. The summed E-state index contributed by atoms with van der Waals surface area (Å²) in [5.41, 5.74) is 0.614. The number of anilines is 1. The first kappa shape index (κ1) is 11.9. The van der Waals surface area contributed by atoms with Gasteiger partial charge in [-0.1, -0.05) is 0 Å². The predicted molar refractivity (Wildman–Crippen MR) is 67.9 cm³/mol. The van der Waals surface area contributed by atoms with E-state index in [1.807, 2.05) is 12.1 Å². The average Bonchev–Trinajstić information content (AvgIpc) is 2.34. The fourth-order valence-electron chi connectivity index (χ4n) is 2.24. The summed E-state index contributed by atoms with van der Waals surface area (Å²) in [4.78, 5) is 9.05. The fraction of sp³-hybridized carbons (Fsp3) is 0.538. The van der Waals surface area contributed by atoms with Crippen LogP contribution in [0.3, 0.4) is 0 Å². The maximum absolute atomic E-state index is 8.76. The molecule has 2 atom stereocenters. The van der Waals surface area contributed by atoms with Gasteiger partial charge in [0.25, 0.3) is 0 Å². The first-order valence-electron chi connectivity index (χ1n) is 5.95. The van der Waals surface area contributed by atoms with E-state index in [2.05, 4.69) is 41.7 Å². The van der Waals surface area contributed by atoms with Gasteiger partial charge >= 0.3 is 0 Å². The quantitative estimate of drug-likeness (QED) is 0.733. The molecule has 0 aliphatic carbocycles. The number of nitrogens with zero attached hydrogens (tertiary/aromatic N) is 4. The molecule has 0 spiro atoms. The van der Waals surface area contributed by atoms with Gasteiger partial charge in [-0.3, -0.25) is 4.90 Å². The van der Waals surface area contributed by atoms with Gasteiger partial charge in [0.2, 0.25) is 0 Å². The maximum Gasteiger partial charge on any atom is 0.128 e. The van der Waals surface area contributed by atoms with Crippen molar-refractivity contribution in [1.82, 2.24) is 9.88 Å². The molecule has 90 valence electrons. The SMILES string of the molecule is C[C@@H]1CN(C)[C@@H](C)CN1c1ccc(C#N)cn1. The minimum Gasteiger partial charge on any atom is -0.351 e. The van der Waals surface area contributed by atoms with Crippen molar-refractivity contribution >= 4 is 5.82 Å². The molecule has 1 aliphatic heterocycles. The van der Waals surface area contributed by atoms with Crippen molar-refractivity contribution in [1.29, 1.82) is 5.26 Å². The molecule has 0 bridgehead atoms. The van der Waals surface area contributed by atoms with Crippen LogP contribution in [0.2, 0.25) is 0 Å². The van der Waals surface area contributed by atoms with Crippen LogP contribution in [0, 0.1) is 11.3 Å². The van der Waals surface area contributed by atoms with Gasteiger partial charge < -0.3 is 4.90 Å². The number of hydrogen-bond donors (Lipinski definition) is 0. The van der Waals surface area contributed by atoms with E-state index in [0.717, 1.165) is 18.9 Å². The Balaban J connectivity index is 2.18. The van der Waals surface area contributed by atoms with Crippen LogP contribution < -0.4 is 4.90 Å². The molecule has 1 saturated heterocycles. The average molecular weight is 230 g/mol. The molecule has 1 fully saturated rings. The van der Waals surface area contributed by atoms with Crippen molar-refractivity contribution in [2.75, 3.05) is 25.0 Å². The number of pyridine rings is 1. The Morgan fingerprint density at radius 2 is 2.06 bits per heavy atom. The van der Waals surface area contributed by atoms with E-state index in [1.165, 1.54) is 0 Å². The minimum absolute atomic E-state index is 0.455. The first-order valence-corrected chi connectivity index (χ1v) is 5.95. The molecule has 17 heavy (non-hydrogen) atoms. The molecule has 0 N–H and O–H groups in total. The summed E-state index contributed by atoms with van der Waals surface area (Å²) in [6, 6.07) is 6.85. The van der Waals surface area contributed by atoms with E-state index in [9.17, 15) is 0 Å².